The molecule has 0 aliphatic heterocycles. The molecule has 0 aliphatic carbocycles. The first-order chi connectivity index (χ1) is 9.38. The summed E-state index contributed by atoms with van der Waals surface area (Å²) in [5.74, 6) is 0. The molecular formula is C14H34NO5Ta. The topological polar surface area (TPSA) is 119 Å². The Morgan fingerprint density at radius 1 is 0.667 bits per heavy atom. The Hall–Kier alpha value is 0.500. The maximum absolute atomic E-state index is 10.6. The van der Waals surface area contributed by atoms with E-state index in [0.29, 0.717) is 0 Å². The van der Waals surface area contributed by atoms with Crippen LogP contribution < -0.4 is 25.5 Å². The second-order valence-corrected chi connectivity index (χ2v) is 2.98. The molecule has 0 spiro atoms. The van der Waals surface area contributed by atoms with Gasteiger partial charge in [-0.3, -0.25) is 0 Å². The van der Waals surface area contributed by atoms with Crippen LogP contribution in [0.3, 0.4) is 0 Å². The van der Waals surface area contributed by atoms with Gasteiger partial charge >= 0.3 is 22.4 Å². The average Bonchev–Trinajstić information content (AvgIpc) is 2.34. The number of rotatable bonds is 3. The van der Waals surface area contributed by atoms with Crippen molar-refractivity contribution in [2.24, 2.45) is 0 Å². The van der Waals surface area contributed by atoms with E-state index in [0.717, 1.165) is 13.1 Å². The van der Waals surface area contributed by atoms with Crippen LogP contribution in [0.25, 0.3) is 0 Å². The summed E-state index contributed by atoms with van der Waals surface area (Å²) < 4.78 is 0. The average molecular weight is 477 g/mol. The van der Waals surface area contributed by atoms with Crippen molar-refractivity contribution in [1.29, 1.82) is 0 Å². The van der Waals surface area contributed by atoms with E-state index in [9.17, 15) is 5.11 Å². The summed E-state index contributed by atoms with van der Waals surface area (Å²) in [7, 11) is 0. The molecule has 0 N–H and O–H groups in total. The molecule has 130 valence electrons. The first-order valence-corrected chi connectivity index (χ1v) is 7.10. The molecule has 0 aromatic heterocycles. The first kappa shape index (κ1) is 37.6. The first-order valence-electron chi connectivity index (χ1n) is 7.10. The van der Waals surface area contributed by atoms with Crippen LogP contribution in [-0.4, -0.2) is 50.6 Å². The van der Waals surface area contributed by atoms with Crippen molar-refractivity contribution in [3.05, 3.63) is 0 Å². The van der Waals surface area contributed by atoms with Gasteiger partial charge in [-0.25, -0.2) is 0 Å². The number of nitrogens with zero attached hydrogens (tertiary/aromatic N) is 1. The van der Waals surface area contributed by atoms with Gasteiger partial charge in [-0.05, 0) is 13.1 Å². The van der Waals surface area contributed by atoms with E-state index in [1.54, 1.807) is 34.6 Å². The summed E-state index contributed by atoms with van der Waals surface area (Å²) in [5.41, 5.74) is 0. The summed E-state index contributed by atoms with van der Waals surface area (Å²) in [6.45, 7) is 13.7. The Morgan fingerprint density at radius 3 is 0.810 bits per heavy atom. The van der Waals surface area contributed by atoms with Gasteiger partial charge in [0.15, 0.2) is 0 Å². The van der Waals surface area contributed by atoms with Gasteiger partial charge in [0.05, 0.1) is 0 Å². The Morgan fingerprint density at radius 2 is 0.810 bits per heavy atom. The van der Waals surface area contributed by atoms with Crippen molar-refractivity contribution in [3.8, 4) is 0 Å². The zero-order valence-corrected chi connectivity index (χ0v) is 18.0. The van der Waals surface area contributed by atoms with Crippen LogP contribution in [0.15, 0.2) is 0 Å². The molecule has 0 amide bonds. The van der Waals surface area contributed by atoms with Crippen LogP contribution in [0.2, 0.25) is 0 Å². The zero-order chi connectivity index (χ0) is 17.4. The van der Waals surface area contributed by atoms with Crippen LogP contribution in [0, 0.1) is 0 Å². The predicted molar refractivity (Wildman–Crippen MR) is 74.5 cm³/mol. The summed E-state index contributed by atoms with van der Waals surface area (Å²) in [4.78, 5) is 1.86. The third kappa shape index (κ3) is 97.1. The van der Waals surface area contributed by atoms with Crippen molar-refractivity contribution in [1.82, 2.24) is 4.90 Å². The van der Waals surface area contributed by atoms with E-state index in [1.165, 1.54) is 0 Å². The fourth-order valence-corrected chi connectivity index (χ4v) is 0.738. The molecule has 0 heterocycles. The largest absolute Gasteiger partial charge is 5.00 e. The molecule has 1 atom stereocenters. The Bertz CT molecular complexity index is 99.4. The van der Waals surface area contributed by atoms with Crippen molar-refractivity contribution in [3.63, 3.8) is 0 Å². The zero-order valence-electron chi connectivity index (χ0n) is 14.8. The fraction of sp³-hybridized carbons (Fsp3) is 1.00. The second-order valence-electron chi connectivity index (χ2n) is 2.98. The maximum Gasteiger partial charge on any atom is 5.00 e. The van der Waals surface area contributed by atoms with Gasteiger partial charge in [0.1, 0.15) is 0 Å². The van der Waals surface area contributed by atoms with Gasteiger partial charge in [-0.2, -0.15) is 0 Å². The second kappa shape index (κ2) is 49.9. The molecule has 0 rings (SSSR count). The smallest absolute Gasteiger partial charge is 0.855 e. The minimum Gasteiger partial charge on any atom is -0.855 e. The number of hydrogen-bond acceptors (Lipinski definition) is 6. The molecule has 0 aliphatic rings. The fourth-order valence-electron chi connectivity index (χ4n) is 0.738. The van der Waals surface area contributed by atoms with Crippen molar-refractivity contribution < 1.29 is 47.9 Å². The SMILES string of the molecule is CCN(CC)C(C)[O-].CC[O-].CC[O-].CC[O-].CC[O-].[Ta+5]. The minimum absolute atomic E-state index is 0. The molecule has 0 fully saturated rings. The van der Waals surface area contributed by atoms with Gasteiger partial charge in [-0.15, -0.1) is 26.4 Å². The summed E-state index contributed by atoms with van der Waals surface area (Å²) >= 11 is 0. The van der Waals surface area contributed by atoms with Crippen LogP contribution in [0.1, 0.15) is 48.5 Å². The quantitative estimate of drug-likeness (QED) is 0.415. The molecule has 7 heteroatoms. The third-order valence-electron chi connectivity index (χ3n) is 1.33. The Labute approximate surface area is 147 Å². The summed E-state index contributed by atoms with van der Waals surface area (Å²) in [6.07, 6.45) is -0.537. The van der Waals surface area contributed by atoms with Crippen molar-refractivity contribution >= 4 is 0 Å². The molecule has 0 bridgehead atoms. The van der Waals surface area contributed by atoms with Crippen LogP contribution >= 0.6 is 0 Å². The van der Waals surface area contributed by atoms with Gasteiger partial charge < -0.3 is 30.4 Å². The van der Waals surface area contributed by atoms with E-state index in [2.05, 4.69) is 0 Å². The number of hydrogen-bond donors (Lipinski definition) is 0. The molecule has 21 heavy (non-hydrogen) atoms. The van der Waals surface area contributed by atoms with E-state index in [-0.39, 0.29) is 48.8 Å². The molecule has 0 aromatic rings. The minimum atomic E-state index is -0.537. The predicted octanol–water partition coefficient (Wildman–Crippen LogP) is -2.50. The standard InChI is InChI=1S/C6H14NO.4C2H5O.Ta/c1-4-7(5-2)6(3)8;4*1-2-3;/h6H,4-5H2,1-3H3;4*2H2,1H3;/q5*-1;+5. The van der Waals surface area contributed by atoms with Gasteiger partial charge in [0.2, 0.25) is 0 Å². The summed E-state index contributed by atoms with van der Waals surface area (Å²) in [6, 6.07) is 0. The van der Waals surface area contributed by atoms with E-state index >= 15 is 0 Å². The molecule has 0 saturated heterocycles. The summed E-state index contributed by atoms with van der Waals surface area (Å²) in [5, 5.41) is 46.3. The van der Waals surface area contributed by atoms with Gasteiger partial charge in [-0.1, -0.05) is 54.7 Å². The van der Waals surface area contributed by atoms with Crippen molar-refractivity contribution in [2.75, 3.05) is 39.5 Å². The van der Waals surface area contributed by atoms with E-state index in [1.807, 2.05) is 18.7 Å². The van der Waals surface area contributed by atoms with Crippen molar-refractivity contribution in [2.45, 2.75) is 54.7 Å². The van der Waals surface area contributed by atoms with E-state index < -0.39 is 6.23 Å². The van der Waals surface area contributed by atoms with Crippen LogP contribution in [-0.2, 0) is 22.4 Å². The normalized spacial score (nSPS) is 9.00. The molecular weight excluding hydrogens is 443 g/mol. The molecule has 0 radical (unpaired) electrons. The maximum atomic E-state index is 10.6. The van der Waals surface area contributed by atoms with Crippen LogP contribution in [0.5, 0.6) is 0 Å². The van der Waals surface area contributed by atoms with Gasteiger partial charge in [0.25, 0.3) is 0 Å². The molecule has 6 nitrogen and oxygen atoms in total. The molecule has 1 unspecified atom stereocenters. The van der Waals surface area contributed by atoms with Crippen LogP contribution in [0.4, 0.5) is 0 Å². The third-order valence-corrected chi connectivity index (χ3v) is 1.33. The monoisotopic (exact) mass is 477 g/mol. The Kier molecular flexibility index (Phi) is 89.3. The van der Waals surface area contributed by atoms with Gasteiger partial charge in [0, 0.05) is 0 Å². The molecule has 0 aromatic carbocycles. The van der Waals surface area contributed by atoms with E-state index in [4.69, 9.17) is 20.4 Å². The molecule has 0 saturated carbocycles. The Balaban J connectivity index is -0.0000000369.